The maximum atomic E-state index is 12.5. The van der Waals surface area contributed by atoms with Crippen LogP contribution in [0.1, 0.15) is 35.2 Å². The van der Waals surface area contributed by atoms with E-state index in [1.165, 1.54) is 5.56 Å². The van der Waals surface area contributed by atoms with E-state index in [1.54, 1.807) is 0 Å². The molecule has 2 aromatic carbocycles. The summed E-state index contributed by atoms with van der Waals surface area (Å²) in [5.41, 5.74) is 2.13. The molecule has 0 radical (unpaired) electrons. The van der Waals surface area contributed by atoms with Gasteiger partial charge in [-0.05, 0) is 43.4 Å². The van der Waals surface area contributed by atoms with E-state index in [0.717, 1.165) is 55.9 Å². The van der Waals surface area contributed by atoms with E-state index in [9.17, 15) is 9.90 Å². The van der Waals surface area contributed by atoms with Crippen molar-refractivity contribution in [3.05, 3.63) is 70.7 Å². The normalized spacial score (nSPS) is 20.8. The van der Waals surface area contributed by atoms with Gasteiger partial charge in [-0.1, -0.05) is 54.1 Å². The molecular formula is C22H26ClNO2. The van der Waals surface area contributed by atoms with Gasteiger partial charge in [0.1, 0.15) is 0 Å². The zero-order chi connectivity index (χ0) is 18.4. The van der Waals surface area contributed by atoms with E-state index >= 15 is 0 Å². The van der Waals surface area contributed by atoms with Crippen LogP contribution in [0.4, 0.5) is 0 Å². The first-order valence-corrected chi connectivity index (χ1v) is 9.74. The first kappa shape index (κ1) is 19.1. The molecule has 4 rings (SSSR count). The highest BCUT2D eigenvalue weighted by Crippen LogP contribution is 2.26. The molecule has 1 aliphatic carbocycles. The van der Waals surface area contributed by atoms with Gasteiger partial charge in [0.15, 0.2) is 5.78 Å². The van der Waals surface area contributed by atoms with Crippen LogP contribution in [0.15, 0.2) is 54.6 Å². The molecule has 1 heterocycles. The second-order valence-corrected chi connectivity index (χ2v) is 7.52. The maximum absolute atomic E-state index is 12.5. The number of aliphatic hydroxyl groups excluding tert-OH is 1. The number of hydrogen-bond donors (Lipinski definition) is 1. The summed E-state index contributed by atoms with van der Waals surface area (Å²) in [5.74, 6) is 0.457. The van der Waals surface area contributed by atoms with Crippen molar-refractivity contribution in [1.29, 1.82) is 0 Å². The molecule has 0 bridgehead atoms. The number of rotatable bonds is 2. The molecule has 1 saturated heterocycles. The maximum Gasteiger partial charge on any atom is 0.167 e. The molecule has 2 aliphatic rings. The van der Waals surface area contributed by atoms with Crippen LogP contribution in [0.5, 0.6) is 0 Å². The Morgan fingerprint density at radius 1 is 0.962 bits per heavy atom. The van der Waals surface area contributed by atoms with Crippen LogP contribution in [0.3, 0.4) is 0 Å². The highest BCUT2D eigenvalue weighted by Gasteiger charge is 2.29. The van der Waals surface area contributed by atoms with Crippen LogP contribution < -0.4 is 0 Å². The average Bonchev–Trinajstić information content (AvgIpc) is 2.67. The summed E-state index contributed by atoms with van der Waals surface area (Å²) in [4.78, 5) is 14.8. The van der Waals surface area contributed by atoms with Gasteiger partial charge in [0.2, 0.25) is 0 Å². The minimum Gasteiger partial charge on any atom is -0.393 e. The first-order valence-electron chi connectivity index (χ1n) is 9.36. The molecule has 1 aliphatic heterocycles. The number of carbonyl (C=O) groups excluding carboxylic acids is 1. The molecular weight excluding hydrogens is 346 g/mol. The van der Waals surface area contributed by atoms with Crippen molar-refractivity contribution in [2.75, 3.05) is 19.6 Å². The number of fused-ring (bicyclic) bond motifs is 1. The van der Waals surface area contributed by atoms with Gasteiger partial charge in [0.05, 0.1) is 6.10 Å². The molecule has 0 amide bonds. The molecule has 138 valence electrons. The average molecular weight is 372 g/mol. The number of benzene rings is 2. The fourth-order valence-electron chi connectivity index (χ4n) is 3.66. The van der Waals surface area contributed by atoms with Crippen LogP contribution in [0, 0.1) is 5.92 Å². The summed E-state index contributed by atoms with van der Waals surface area (Å²) in [6.45, 7) is 2.71. The van der Waals surface area contributed by atoms with Crippen LogP contribution in [0.2, 0.25) is 5.02 Å². The highest BCUT2D eigenvalue weighted by atomic mass is 35.5. The number of nitrogens with zero attached hydrogens (tertiary/aromatic N) is 1. The second-order valence-electron chi connectivity index (χ2n) is 7.08. The van der Waals surface area contributed by atoms with E-state index in [0.29, 0.717) is 5.78 Å². The van der Waals surface area contributed by atoms with Gasteiger partial charge in [-0.25, -0.2) is 0 Å². The standard InChI is InChI=1S/C16H21NO2.C6H5Cl/c18-14-7-9-17(10-8-14)11-13-6-5-12-3-1-2-4-15(12)16(13)19;7-6-4-2-1-3-5-6/h1-4,13-14,18H,5-11H2;1-5H. The predicted octanol–water partition coefficient (Wildman–Crippen LogP) is 4.23. The predicted molar refractivity (Wildman–Crippen MR) is 106 cm³/mol. The summed E-state index contributed by atoms with van der Waals surface area (Å²) in [6.07, 6.45) is 3.53. The summed E-state index contributed by atoms with van der Waals surface area (Å²) >= 11 is 5.54. The highest BCUT2D eigenvalue weighted by molar-refractivity contribution is 6.30. The molecule has 1 atom stereocenters. The van der Waals surface area contributed by atoms with Gasteiger partial charge < -0.3 is 10.0 Å². The third-order valence-corrected chi connectivity index (χ3v) is 5.44. The zero-order valence-corrected chi connectivity index (χ0v) is 15.7. The summed E-state index contributed by atoms with van der Waals surface area (Å²) < 4.78 is 0. The topological polar surface area (TPSA) is 40.5 Å². The zero-order valence-electron chi connectivity index (χ0n) is 15.0. The fourth-order valence-corrected chi connectivity index (χ4v) is 3.81. The van der Waals surface area contributed by atoms with E-state index in [-0.39, 0.29) is 12.0 Å². The van der Waals surface area contributed by atoms with Crippen molar-refractivity contribution in [3.8, 4) is 0 Å². The molecule has 0 spiro atoms. The number of piperidine rings is 1. The minimum atomic E-state index is -0.140. The van der Waals surface area contributed by atoms with Crippen LogP contribution >= 0.6 is 11.6 Å². The van der Waals surface area contributed by atoms with Crippen molar-refractivity contribution in [1.82, 2.24) is 4.90 Å². The fraction of sp³-hybridized carbons (Fsp3) is 0.409. The Labute approximate surface area is 160 Å². The number of likely N-dealkylation sites (tertiary alicyclic amines) is 1. The number of aliphatic hydroxyl groups is 1. The molecule has 1 unspecified atom stereocenters. The van der Waals surface area contributed by atoms with Gasteiger partial charge >= 0.3 is 0 Å². The van der Waals surface area contributed by atoms with E-state index in [2.05, 4.69) is 11.0 Å². The lowest BCUT2D eigenvalue weighted by Gasteiger charge is -2.33. The number of hydrogen-bond acceptors (Lipinski definition) is 3. The van der Waals surface area contributed by atoms with E-state index in [4.69, 9.17) is 11.6 Å². The number of halogens is 1. The minimum absolute atomic E-state index is 0.140. The van der Waals surface area contributed by atoms with Crippen LogP contribution in [-0.2, 0) is 6.42 Å². The van der Waals surface area contributed by atoms with E-state index in [1.807, 2.05) is 48.5 Å². The first-order chi connectivity index (χ1) is 12.6. The molecule has 1 fully saturated rings. The lowest BCUT2D eigenvalue weighted by atomic mass is 9.82. The summed E-state index contributed by atoms with van der Waals surface area (Å²) in [7, 11) is 0. The summed E-state index contributed by atoms with van der Waals surface area (Å²) in [6, 6.07) is 17.4. The van der Waals surface area contributed by atoms with Crippen molar-refractivity contribution in [2.24, 2.45) is 5.92 Å². The van der Waals surface area contributed by atoms with Gasteiger partial charge in [-0.15, -0.1) is 0 Å². The Bertz CT molecular complexity index is 711. The molecule has 0 aromatic heterocycles. The number of aryl methyl sites for hydroxylation is 1. The largest absolute Gasteiger partial charge is 0.393 e. The number of Topliss-reactive ketones (excluding diaryl/α,β-unsaturated/α-hetero) is 1. The number of ketones is 1. The Morgan fingerprint density at radius 3 is 2.27 bits per heavy atom. The Balaban J connectivity index is 0.000000236. The molecule has 26 heavy (non-hydrogen) atoms. The van der Waals surface area contributed by atoms with Crippen LogP contribution in [-0.4, -0.2) is 41.5 Å². The van der Waals surface area contributed by atoms with E-state index < -0.39 is 0 Å². The lowest BCUT2D eigenvalue weighted by Crippen LogP contribution is -2.41. The third kappa shape index (κ3) is 5.16. The molecule has 2 aromatic rings. The van der Waals surface area contributed by atoms with Crippen molar-refractivity contribution in [3.63, 3.8) is 0 Å². The summed E-state index contributed by atoms with van der Waals surface area (Å²) in [5, 5.41) is 10.3. The van der Waals surface area contributed by atoms with Crippen molar-refractivity contribution in [2.45, 2.75) is 31.8 Å². The Morgan fingerprint density at radius 2 is 1.62 bits per heavy atom. The lowest BCUT2D eigenvalue weighted by molar-refractivity contribution is 0.0659. The van der Waals surface area contributed by atoms with Gasteiger partial charge in [0, 0.05) is 36.1 Å². The molecule has 4 heteroatoms. The Hall–Kier alpha value is -1.68. The van der Waals surface area contributed by atoms with Crippen molar-refractivity contribution < 1.29 is 9.90 Å². The van der Waals surface area contributed by atoms with Gasteiger partial charge in [-0.2, -0.15) is 0 Å². The molecule has 3 nitrogen and oxygen atoms in total. The monoisotopic (exact) mass is 371 g/mol. The smallest absolute Gasteiger partial charge is 0.167 e. The molecule has 0 saturated carbocycles. The van der Waals surface area contributed by atoms with Crippen LogP contribution in [0.25, 0.3) is 0 Å². The molecule has 1 N–H and O–H groups in total. The second kappa shape index (κ2) is 9.31. The Kier molecular flexibility index (Phi) is 6.84. The third-order valence-electron chi connectivity index (χ3n) is 5.18. The SMILES string of the molecule is Clc1ccccc1.O=C1c2ccccc2CCC1CN1CCC(O)CC1. The van der Waals surface area contributed by atoms with Gasteiger partial charge in [0.25, 0.3) is 0 Å². The quantitative estimate of drug-likeness (QED) is 0.858. The number of carbonyl (C=O) groups is 1. The van der Waals surface area contributed by atoms with Gasteiger partial charge in [-0.3, -0.25) is 4.79 Å². The van der Waals surface area contributed by atoms with Crippen molar-refractivity contribution >= 4 is 17.4 Å².